The van der Waals surface area contributed by atoms with Gasteiger partial charge in [-0.25, -0.2) is 0 Å². The Kier molecular flexibility index (Phi) is 2.11. The van der Waals surface area contributed by atoms with Gasteiger partial charge in [0.05, 0.1) is 5.41 Å². The molecule has 3 nitrogen and oxygen atoms in total. The lowest BCUT2D eigenvalue weighted by Gasteiger charge is -2.22. The van der Waals surface area contributed by atoms with Crippen molar-refractivity contribution in [1.29, 1.82) is 0 Å². The zero-order valence-electron chi connectivity index (χ0n) is 9.31. The Hall–Kier alpha value is -0.570. The minimum Gasteiger partial charge on any atom is -0.352 e. The molecular formula is C11H20N2O. The standard InChI is InChI=1S/C11H20N2O/c1-10(2)6-8(10)13-9(14)11(3)4-5-12-7-11/h8,12H,4-7H2,1-3H3,(H,13,14). The Morgan fingerprint density at radius 3 is 2.50 bits per heavy atom. The third-order valence-electron chi connectivity index (χ3n) is 3.74. The monoisotopic (exact) mass is 196 g/mol. The molecule has 0 aromatic carbocycles. The lowest BCUT2D eigenvalue weighted by Crippen LogP contribution is -2.42. The van der Waals surface area contributed by atoms with Gasteiger partial charge >= 0.3 is 0 Å². The van der Waals surface area contributed by atoms with Gasteiger partial charge in [-0.05, 0) is 31.7 Å². The smallest absolute Gasteiger partial charge is 0.227 e. The number of carbonyl (C=O) groups is 1. The van der Waals surface area contributed by atoms with E-state index in [1.165, 1.54) is 0 Å². The van der Waals surface area contributed by atoms with E-state index in [-0.39, 0.29) is 11.3 Å². The fourth-order valence-corrected chi connectivity index (χ4v) is 2.06. The van der Waals surface area contributed by atoms with Gasteiger partial charge in [-0.3, -0.25) is 4.79 Å². The quantitative estimate of drug-likeness (QED) is 0.689. The molecule has 2 unspecified atom stereocenters. The van der Waals surface area contributed by atoms with Crippen molar-refractivity contribution in [1.82, 2.24) is 10.6 Å². The molecule has 2 fully saturated rings. The summed E-state index contributed by atoms with van der Waals surface area (Å²) in [7, 11) is 0. The number of carbonyl (C=O) groups excluding carboxylic acids is 1. The third kappa shape index (κ3) is 1.65. The molecule has 2 atom stereocenters. The van der Waals surface area contributed by atoms with Crippen LogP contribution in [0.5, 0.6) is 0 Å². The van der Waals surface area contributed by atoms with Gasteiger partial charge in [-0.15, -0.1) is 0 Å². The summed E-state index contributed by atoms with van der Waals surface area (Å²) in [4.78, 5) is 12.0. The molecule has 80 valence electrons. The van der Waals surface area contributed by atoms with Crippen molar-refractivity contribution in [3.05, 3.63) is 0 Å². The summed E-state index contributed by atoms with van der Waals surface area (Å²) in [5, 5.41) is 6.39. The number of nitrogens with one attached hydrogen (secondary N) is 2. The molecule has 2 rings (SSSR count). The molecular weight excluding hydrogens is 176 g/mol. The second-order valence-electron chi connectivity index (χ2n) is 5.71. The molecule has 0 aromatic heterocycles. The lowest BCUT2D eigenvalue weighted by molar-refractivity contribution is -0.129. The maximum absolute atomic E-state index is 12.0. The zero-order chi connectivity index (χ0) is 10.4. The van der Waals surface area contributed by atoms with E-state index in [1.807, 2.05) is 0 Å². The van der Waals surface area contributed by atoms with E-state index < -0.39 is 0 Å². The Labute approximate surface area is 85.6 Å². The fourth-order valence-electron chi connectivity index (χ4n) is 2.06. The highest BCUT2D eigenvalue weighted by molar-refractivity contribution is 5.83. The van der Waals surface area contributed by atoms with Crippen LogP contribution in [0.2, 0.25) is 0 Å². The van der Waals surface area contributed by atoms with Crippen molar-refractivity contribution >= 4 is 5.91 Å². The first-order chi connectivity index (χ1) is 6.44. The predicted octanol–water partition coefficient (Wildman–Crippen LogP) is 0.901. The van der Waals surface area contributed by atoms with E-state index in [4.69, 9.17) is 0 Å². The van der Waals surface area contributed by atoms with Crippen LogP contribution in [0.3, 0.4) is 0 Å². The first-order valence-electron chi connectivity index (χ1n) is 5.46. The molecule has 3 heteroatoms. The minimum absolute atomic E-state index is 0.168. The molecule has 0 aromatic rings. The minimum atomic E-state index is -0.168. The molecule has 0 spiro atoms. The van der Waals surface area contributed by atoms with Crippen LogP contribution in [0.15, 0.2) is 0 Å². The van der Waals surface area contributed by atoms with E-state index in [0.29, 0.717) is 11.5 Å². The van der Waals surface area contributed by atoms with E-state index in [1.54, 1.807) is 0 Å². The Bertz CT molecular complexity index is 254. The third-order valence-corrected chi connectivity index (χ3v) is 3.74. The molecule has 14 heavy (non-hydrogen) atoms. The van der Waals surface area contributed by atoms with Crippen molar-refractivity contribution in [2.45, 2.75) is 39.7 Å². The van der Waals surface area contributed by atoms with Gasteiger partial charge in [0.25, 0.3) is 0 Å². The second kappa shape index (κ2) is 2.96. The molecule has 2 N–H and O–H groups in total. The molecule has 0 radical (unpaired) electrons. The summed E-state index contributed by atoms with van der Waals surface area (Å²) in [6.07, 6.45) is 2.09. The summed E-state index contributed by atoms with van der Waals surface area (Å²) < 4.78 is 0. The van der Waals surface area contributed by atoms with Crippen molar-refractivity contribution in [2.24, 2.45) is 10.8 Å². The van der Waals surface area contributed by atoms with Crippen LogP contribution in [0.25, 0.3) is 0 Å². The Balaban J connectivity index is 1.90. The first-order valence-corrected chi connectivity index (χ1v) is 5.46. The largest absolute Gasteiger partial charge is 0.352 e. The van der Waals surface area contributed by atoms with Crippen LogP contribution >= 0.6 is 0 Å². The van der Waals surface area contributed by atoms with Gasteiger partial charge in [0.2, 0.25) is 5.91 Å². The van der Waals surface area contributed by atoms with Gasteiger partial charge in [-0.1, -0.05) is 13.8 Å². The molecule has 0 bridgehead atoms. The van der Waals surface area contributed by atoms with Crippen LogP contribution in [-0.4, -0.2) is 25.0 Å². The van der Waals surface area contributed by atoms with Crippen molar-refractivity contribution in [3.63, 3.8) is 0 Å². The van der Waals surface area contributed by atoms with Crippen molar-refractivity contribution in [2.75, 3.05) is 13.1 Å². The maximum Gasteiger partial charge on any atom is 0.227 e. The van der Waals surface area contributed by atoms with Gasteiger partial charge < -0.3 is 10.6 Å². The number of hydrogen-bond donors (Lipinski definition) is 2. The van der Waals surface area contributed by atoms with Crippen LogP contribution in [0.1, 0.15) is 33.6 Å². The SMILES string of the molecule is CC1(C(=O)NC2CC2(C)C)CCNC1. The average Bonchev–Trinajstić information content (AvgIpc) is 2.52. The predicted molar refractivity (Wildman–Crippen MR) is 55.9 cm³/mol. The summed E-state index contributed by atoms with van der Waals surface area (Å²) in [6.45, 7) is 8.25. The van der Waals surface area contributed by atoms with Crippen LogP contribution in [0.4, 0.5) is 0 Å². The molecule has 1 aliphatic heterocycles. The topological polar surface area (TPSA) is 41.1 Å². The van der Waals surface area contributed by atoms with E-state index in [0.717, 1.165) is 25.9 Å². The van der Waals surface area contributed by atoms with Crippen molar-refractivity contribution < 1.29 is 4.79 Å². The van der Waals surface area contributed by atoms with Gasteiger partial charge in [0.15, 0.2) is 0 Å². The normalized spacial score (nSPS) is 39.5. The Morgan fingerprint density at radius 1 is 1.43 bits per heavy atom. The molecule has 1 heterocycles. The summed E-state index contributed by atoms with van der Waals surface area (Å²) >= 11 is 0. The number of amides is 1. The Morgan fingerprint density at radius 2 is 2.07 bits per heavy atom. The van der Waals surface area contributed by atoms with Crippen LogP contribution in [-0.2, 0) is 4.79 Å². The number of hydrogen-bond acceptors (Lipinski definition) is 2. The average molecular weight is 196 g/mol. The van der Waals surface area contributed by atoms with Gasteiger partial charge in [0.1, 0.15) is 0 Å². The van der Waals surface area contributed by atoms with E-state index >= 15 is 0 Å². The van der Waals surface area contributed by atoms with Gasteiger partial charge in [0, 0.05) is 12.6 Å². The van der Waals surface area contributed by atoms with Gasteiger partial charge in [-0.2, -0.15) is 0 Å². The van der Waals surface area contributed by atoms with Crippen molar-refractivity contribution in [3.8, 4) is 0 Å². The molecule has 1 saturated heterocycles. The lowest BCUT2D eigenvalue weighted by atomic mass is 9.88. The summed E-state index contributed by atoms with van der Waals surface area (Å²) in [5.74, 6) is 0.234. The van der Waals surface area contributed by atoms with Crippen LogP contribution in [0, 0.1) is 10.8 Å². The second-order valence-corrected chi connectivity index (χ2v) is 5.71. The highest BCUT2D eigenvalue weighted by atomic mass is 16.2. The highest BCUT2D eigenvalue weighted by Gasteiger charge is 2.48. The summed E-state index contributed by atoms with van der Waals surface area (Å²) in [5.41, 5.74) is 0.163. The highest BCUT2D eigenvalue weighted by Crippen LogP contribution is 2.45. The van der Waals surface area contributed by atoms with E-state index in [2.05, 4.69) is 31.4 Å². The maximum atomic E-state index is 12.0. The summed E-state index contributed by atoms with van der Waals surface area (Å²) in [6, 6.07) is 0.410. The first kappa shape index (κ1) is 9.97. The van der Waals surface area contributed by atoms with Crippen LogP contribution < -0.4 is 10.6 Å². The van der Waals surface area contributed by atoms with E-state index in [9.17, 15) is 4.79 Å². The fraction of sp³-hybridized carbons (Fsp3) is 0.909. The molecule has 1 aliphatic carbocycles. The molecule has 1 saturated carbocycles. The molecule has 1 amide bonds. The zero-order valence-corrected chi connectivity index (χ0v) is 9.31. The molecule has 2 aliphatic rings. The number of rotatable bonds is 2.